The van der Waals surface area contributed by atoms with Crippen LogP contribution >= 0.6 is 31.9 Å². The van der Waals surface area contributed by atoms with Gasteiger partial charge in [0.1, 0.15) is 5.75 Å². The van der Waals surface area contributed by atoms with Crippen molar-refractivity contribution in [2.24, 2.45) is 0 Å². The van der Waals surface area contributed by atoms with Crippen molar-refractivity contribution in [3.05, 3.63) is 26.6 Å². The molecule has 2 rings (SSSR count). The summed E-state index contributed by atoms with van der Waals surface area (Å²) in [6, 6.07) is 4.79. The summed E-state index contributed by atoms with van der Waals surface area (Å²) in [7, 11) is 0. The van der Waals surface area contributed by atoms with Gasteiger partial charge in [0.15, 0.2) is 0 Å². The van der Waals surface area contributed by atoms with E-state index in [1.165, 1.54) is 18.4 Å². The van der Waals surface area contributed by atoms with E-state index in [0.29, 0.717) is 12.6 Å². The first kappa shape index (κ1) is 13.4. The van der Waals surface area contributed by atoms with Crippen molar-refractivity contribution in [3.8, 4) is 5.75 Å². The summed E-state index contributed by atoms with van der Waals surface area (Å²) in [6.07, 6.45) is 3.58. The van der Waals surface area contributed by atoms with Crippen LogP contribution in [-0.2, 0) is 6.42 Å². The molecule has 1 fully saturated rings. The molecule has 94 valence electrons. The summed E-state index contributed by atoms with van der Waals surface area (Å²) in [6.45, 7) is 3.86. The van der Waals surface area contributed by atoms with Crippen LogP contribution in [-0.4, -0.2) is 19.2 Å². The van der Waals surface area contributed by atoms with E-state index in [1.807, 2.05) is 13.0 Å². The molecule has 1 saturated heterocycles. The Morgan fingerprint density at radius 1 is 1.41 bits per heavy atom. The first-order valence-electron chi connectivity index (χ1n) is 6.04. The summed E-state index contributed by atoms with van der Waals surface area (Å²) in [5.74, 6) is 0.990. The van der Waals surface area contributed by atoms with E-state index in [9.17, 15) is 0 Å². The predicted octanol–water partition coefficient (Wildman–Crippen LogP) is 3.90. The zero-order valence-corrected chi connectivity index (χ0v) is 13.1. The molecular formula is C13H17Br2NO. The van der Waals surface area contributed by atoms with Crippen LogP contribution in [0.25, 0.3) is 0 Å². The van der Waals surface area contributed by atoms with Gasteiger partial charge in [-0.05, 0) is 66.4 Å². The highest BCUT2D eigenvalue weighted by Crippen LogP contribution is 2.34. The molecular weight excluding hydrogens is 346 g/mol. The van der Waals surface area contributed by atoms with Crippen molar-refractivity contribution in [1.29, 1.82) is 0 Å². The second-order valence-corrected chi connectivity index (χ2v) is 6.08. The van der Waals surface area contributed by atoms with Crippen molar-refractivity contribution in [2.45, 2.75) is 32.2 Å². The smallest absolute Gasteiger partial charge is 0.136 e. The molecule has 1 atom stereocenters. The minimum atomic E-state index is 0.593. The number of hydrogen-bond acceptors (Lipinski definition) is 2. The van der Waals surface area contributed by atoms with Gasteiger partial charge >= 0.3 is 0 Å². The highest BCUT2D eigenvalue weighted by molar-refractivity contribution is 9.11. The van der Waals surface area contributed by atoms with E-state index in [-0.39, 0.29) is 0 Å². The summed E-state index contributed by atoms with van der Waals surface area (Å²) < 4.78 is 7.86. The van der Waals surface area contributed by atoms with E-state index in [0.717, 1.165) is 27.7 Å². The minimum Gasteiger partial charge on any atom is -0.492 e. The average Bonchev–Trinajstić information content (AvgIpc) is 2.76. The molecule has 4 heteroatoms. The van der Waals surface area contributed by atoms with Crippen LogP contribution in [0.2, 0.25) is 0 Å². The first-order chi connectivity index (χ1) is 8.20. The molecule has 1 aromatic rings. The lowest BCUT2D eigenvalue weighted by Gasteiger charge is -2.16. The molecule has 0 aliphatic carbocycles. The molecule has 1 unspecified atom stereocenters. The van der Waals surface area contributed by atoms with Gasteiger partial charge in [-0.25, -0.2) is 0 Å². The van der Waals surface area contributed by atoms with E-state index >= 15 is 0 Å². The standard InChI is InChI=1S/C13H17Br2NO/c1-2-17-13-9(6-10(14)8-12(13)15)7-11-4-3-5-16-11/h6,8,11,16H,2-5,7H2,1H3. The summed E-state index contributed by atoms with van der Waals surface area (Å²) in [5.41, 5.74) is 1.27. The second-order valence-electron chi connectivity index (χ2n) is 4.31. The van der Waals surface area contributed by atoms with Gasteiger partial charge in [0, 0.05) is 10.5 Å². The molecule has 0 aromatic heterocycles. The molecule has 0 spiro atoms. The molecule has 1 heterocycles. The van der Waals surface area contributed by atoms with Crippen molar-refractivity contribution in [2.75, 3.05) is 13.2 Å². The maximum absolute atomic E-state index is 5.74. The average molecular weight is 363 g/mol. The number of rotatable bonds is 4. The fourth-order valence-electron chi connectivity index (χ4n) is 2.27. The molecule has 1 N–H and O–H groups in total. The number of halogens is 2. The third kappa shape index (κ3) is 3.46. The Balaban J connectivity index is 2.22. The van der Waals surface area contributed by atoms with Crippen molar-refractivity contribution >= 4 is 31.9 Å². The minimum absolute atomic E-state index is 0.593. The molecule has 1 aromatic carbocycles. The molecule has 0 saturated carbocycles. The van der Waals surface area contributed by atoms with E-state index < -0.39 is 0 Å². The summed E-state index contributed by atoms with van der Waals surface area (Å²) >= 11 is 7.11. The Labute approximate surface area is 119 Å². The topological polar surface area (TPSA) is 21.3 Å². The van der Waals surface area contributed by atoms with Crippen molar-refractivity contribution < 1.29 is 4.74 Å². The van der Waals surface area contributed by atoms with Gasteiger partial charge in [-0.2, -0.15) is 0 Å². The highest BCUT2D eigenvalue weighted by atomic mass is 79.9. The third-order valence-corrected chi connectivity index (χ3v) is 4.05. The SMILES string of the molecule is CCOc1c(Br)cc(Br)cc1CC1CCCN1. The highest BCUT2D eigenvalue weighted by Gasteiger charge is 2.18. The Bertz CT molecular complexity index is 389. The maximum atomic E-state index is 5.74. The second kappa shape index (κ2) is 6.21. The molecule has 0 amide bonds. The van der Waals surface area contributed by atoms with Crippen LogP contribution in [0, 0.1) is 0 Å². The number of ether oxygens (including phenoxy) is 1. The van der Waals surface area contributed by atoms with Crippen LogP contribution in [0.15, 0.2) is 21.1 Å². The molecule has 0 radical (unpaired) electrons. The fourth-order valence-corrected chi connectivity index (χ4v) is 3.70. The van der Waals surface area contributed by atoms with Gasteiger partial charge in [-0.1, -0.05) is 15.9 Å². The zero-order chi connectivity index (χ0) is 12.3. The van der Waals surface area contributed by atoms with E-state index in [4.69, 9.17) is 4.74 Å². The van der Waals surface area contributed by atoms with Crippen LogP contribution in [0.1, 0.15) is 25.3 Å². The summed E-state index contributed by atoms with van der Waals surface area (Å²) in [5, 5.41) is 3.53. The van der Waals surface area contributed by atoms with Crippen LogP contribution < -0.4 is 10.1 Å². The van der Waals surface area contributed by atoms with Gasteiger partial charge in [0.25, 0.3) is 0 Å². The van der Waals surface area contributed by atoms with Gasteiger partial charge in [-0.15, -0.1) is 0 Å². The third-order valence-electron chi connectivity index (χ3n) is 3.00. The molecule has 17 heavy (non-hydrogen) atoms. The van der Waals surface area contributed by atoms with Gasteiger partial charge < -0.3 is 10.1 Å². The number of nitrogens with one attached hydrogen (secondary N) is 1. The molecule has 2 nitrogen and oxygen atoms in total. The van der Waals surface area contributed by atoms with Crippen LogP contribution in [0.5, 0.6) is 5.75 Å². The van der Waals surface area contributed by atoms with Crippen molar-refractivity contribution in [3.63, 3.8) is 0 Å². The van der Waals surface area contributed by atoms with E-state index in [1.54, 1.807) is 0 Å². The van der Waals surface area contributed by atoms with Gasteiger partial charge in [0.2, 0.25) is 0 Å². The Kier molecular flexibility index (Phi) is 4.88. The quantitative estimate of drug-likeness (QED) is 0.876. The monoisotopic (exact) mass is 361 g/mol. The molecule has 0 bridgehead atoms. The maximum Gasteiger partial charge on any atom is 0.136 e. The lowest BCUT2D eigenvalue weighted by Crippen LogP contribution is -2.24. The van der Waals surface area contributed by atoms with Crippen molar-refractivity contribution in [1.82, 2.24) is 5.32 Å². The normalized spacial score (nSPS) is 19.6. The first-order valence-corrected chi connectivity index (χ1v) is 7.63. The lowest BCUT2D eigenvalue weighted by molar-refractivity contribution is 0.333. The Morgan fingerprint density at radius 3 is 2.88 bits per heavy atom. The lowest BCUT2D eigenvalue weighted by atomic mass is 10.0. The summed E-state index contributed by atoms with van der Waals surface area (Å²) in [4.78, 5) is 0. The van der Waals surface area contributed by atoms with Gasteiger partial charge in [-0.3, -0.25) is 0 Å². The Morgan fingerprint density at radius 2 is 2.24 bits per heavy atom. The van der Waals surface area contributed by atoms with Gasteiger partial charge in [0.05, 0.1) is 11.1 Å². The van der Waals surface area contributed by atoms with Crippen LogP contribution in [0.4, 0.5) is 0 Å². The largest absolute Gasteiger partial charge is 0.492 e. The Hall–Kier alpha value is -0.0600. The molecule has 1 aliphatic rings. The van der Waals surface area contributed by atoms with E-state index in [2.05, 4.69) is 43.2 Å². The zero-order valence-electron chi connectivity index (χ0n) is 9.93. The van der Waals surface area contributed by atoms with Crippen LogP contribution in [0.3, 0.4) is 0 Å². The number of hydrogen-bond donors (Lipinski definition) is 1. The predicted molar refractivity (Wildman–Crippen MR) is 77.7 cm³/mol. The number of benzene rings is 1. The fraction of sp³-hybridized carbons (Fsp3) is 0.538. The molecule has 1 aliphatic heterocycles.